The molecule has 0 atom stereocenters. The number of thioether (sulfide) groups is 1. The van der Waals surface area contributed by atoms with Gasteiger partial charge in [0.15, 0.2) is 5.17 Å². The number of hydrazine groups is 1. The van der Waals surface area contributed by atoms with Crippen molar-refractivity contribution in [2.45, 2.75) is 11.8 Å². The van der Waals surface area contributed by atoms with Crippen LogP contribution in [0.15, 0.2) is 29.2 Å². The Morgan fingerprint density at radius 3 is 2.06 bits per heavy atom. The molecule has 4 N–H and O–H groups in total. The molecule has 0 aromatic heterocycles. The molecule has 1 aromatic carbocycles. The summed E-state index contributed by atoms with van der Waals surface area (Å²) in [7, 11) is -2.38. The van der Waals surface area contributed by atoms with E-state index in [-0.39, 0.29) is 4.90 Å². The number of hydrogen-bond acceptors (Lipinski definition) is 5. The van der Waals surface area contributed by atoms with Gasteiger partial charge in [-0.2, -0.15) is 8.42 Å². The zero-order chi connectivity index (χ0) is 14.3. The fourth-order valence-electron chi connectivity index (χ4n) is 0.854. The number of nitrogens with zero attached hydrogens (tertiary/aromatic N) is 1. The van der Waals surface area contributed by atoms with E-state index in [4.69, 9.17) is 15.8 Å². The first-order chi connectivity index (χ1) is 8.18. The zero-order valence-electron chi connectivity index (χ0n) is 10.4. The average Bonchev–Trinajstić information content (AvgIpc) is 2.28. The molecule has 0 saturated carbocycles. The van der Waals surface area contributed by atoms with Gasteiger partial charge in [-0.15, -0.1) is 0 Å². The van der Waals surface area contributed by atoms with Crippen molar-refractivity contribution in [1.82, 2.24) is 5.01 Å². The van der Waals surface area contributed by atoms with Gasteiger partial charge in [-0.25, -0.2) is 5.84 Å². The number of benzene rings is 1. The maximum absolute atomic E-state index is 10.5. The van der Waals surface area contributed by atoms with Crippen LogP contribution in [0.25, 0.3) is 0 Å². The Morgan fingerprint density at radius 1 is 1.39 bits per heavy atom. The van der Waals surface area contributed by atoms with Gasteiger partial charge in [-0.3, -0.25) is 15.0 Å². The standard InChI is InChI=1S/C7H8O3S.C3H9N3S/c1-6-2-4-7(5-3-6)11(8,9)10;1-6(5)3(4)7-2/h2-5H,1H3,(H,8,9,10);4H,5H2,1-2H3. The van der Waals surface area contributed by atoms with Gasteiger partial charge in [-0.1, -0.05) is 29.5 Å². The molecule has 0 bridgehead atoms. The lowest BCUT2D eigenvalue weighted by molar-refractivity contribution is 0.483. The van der Waals surface area contributed by atoms with Gasteiger partial charge in [0.2, 0.25) is 0 Å². The van der Waals surface area contributed by atoms with Gasteiger partial charge in [0.1, 0.15) is 0 Å². The van der Waals surface area contributed by atoms with Crippen LogP contribution >= 0.6 is 11.8 Å². The average molecular weight is 291 g/mol. The zero-order valence-corrected chi connectivity index (χ0v) is 12.0. The van der Waals surface area contributed by atoms with Gasteiger partial charge in [0.25, 0.3) is 10.1 Å². The monoisotopic (exact) mass is 291 g/mol. The molecular formula is C10H17N3O3S2. The van der Waals surface area contributed by atoms with Crippen LogP contribution in [0.1, 0.15) is 5.56 Å². The number of aryl methyl sites for hydroxylation is 1. The van der Waals surface area contributed by atoms with Gasteiger partial charge in [-0.05, 0) is 25.3 Å². The highest BCUT2D eigenvalue weighted by Gasteiger charge is 2.06. The molecule has 6 nitrogen and oxygen atoms in total. The van der Waals surface area contributed by atoms with Crippen LogP contribution in [0, 0.1) is 12.3 Å². The Labute approximate surface area is 111 Å². The van der Waals surface area contributed by atoms with Crippen LogP contribution in [0.3, 0.4) is 0 Å². The fraction of sp³-hybridized carbons (Fsp3) is 0.300. The van der Waals surface area contributed by atoms with Crippen LogP contribution in [-0.2, 0) is 10.1 Å². The van der Waals surface area contributed by atoms with E-state index in [0.29, 0.717) is 5.17 Å². The van der Waals surface area contributed by atoms with E-state index in [0.717, 1.165) is 5.56 Å². The van der Waals surface area contributed by atoms with E-state index in [1.165, 1.54) is 28.9 Å². The minimum atomic E-state index is -4.02. The van der Waals surface area contributed by atoms with E-state index in [9.17, 15) is 8.42 Å². The summed E-state index contributed by atoms with van der Waals surface area (Å²) in [6, 6.07) is 5.99. The molecule has 0 fully saturated rings. The maximum Gasteiger partial charge on any atom is 0.294 e. The lowest BCUT2D eigenvalue weighted by Crippen LogP contribution is -2.29. The number of amidine groups is 1. The van der Waals surface area contributed by atoms with Gasteiger partial charge in [0.05, 0.1) is 4.90 Å². The minimum Gasteiger partial charge on any atom is -0.293 e. The normalized spacial score (nSPS) is 10.3. The Bertz CT molecular complexity index is 484. The van der Waals surface area contributed by atoms with Crippen molar-refractivity contribution in [2.24, 2.45) is 5.84 Å². The minimum absolute atomic E-state index is 0.0666. The van der Waals surface area contributed by atoms with E-state index >= 15 is 0 Å². The summed E-state index contributed by atoms with van der Waals surface area (Å²) >= 11 is 1.32. The topological polar surface area (TPSA) is 107 Å². The summed E-state index contributed by atoms with van der Waals surface area (Å²) in [6.07, 6.45) is 1.81. The molecule has 1 aromatic rings. The Morgan fingerprint density at radius 2 is 1.83 bits per heavy atom. The quantitative estimate of drug-likeness (QED) is 0.237. The SMILES string of the molecule is CSC(=N)N(C)N.Cc1ccc(S(=O)(=O)O)cc1. The fourth-order valence-corrected chi connectivity index (χ4v) is 1.62. The predicted molar refractivity (Wildman–Crippen MR) is 74.2 cm³/mol. The number of nitrogens with one attached hydrogen (secondary N) is 1. The molecule has 0 amide bonds. The van der Waals surface area contributed by atoms with Crippen molar-refractivity contribution in [3.05, 3.63) is 29.8 Å². The highest BCUT2D eigenvalue weighted by Crippen LogP contribution is 2.08. The lowest BCUT2D eigenvalue weighted by Gasteiger charge is -2.08. The highest BCUT2D eigenvalue weighted by atomic mass is 32.2. The van der Waals surface area contributed by atoms with Gasteiger partial charge < -0.3 is 0 Å². The number of nitrogens with two attached hydrogens (primary N) is 1. The van der Waals surface area contributed by atoms with E-state index in [2.05, 4.69) is 0 Å². The second-order valence-electron chi connectivity index (χ2n) is 3.41. The number of rotatable bonds is 1. The summed E-state index contributed by atoms with van der Waals surface area (Å²) in [5.74, 6) is 5.13. The van der Waals surface area contributed by atoms with Crippen molar-refractivity contribution < 1.29 is 13.0 Å². The number of hydrogen-bond donors (Lipinski definition) is 3. The molecule has 102 valence electrons. The Hall–Kier alpha value is -1.09. The van der Waals surface area contributed by atoms with Crippen LogP contribution in [0.4, 0.5) is 0 Å². The molecule has 0 aliphatic heterocycles. The summed E-state index contributed by atoms with van der Waals surface area (Å²) in [4.78, 5) is -0.0666. The molecule has 0 spiro atoms. The van der Waals surface area contributed by atoms with Crippen molar-refractivity contribution in [2.75, 3.05) is 13.3 Å². The third-order valence-electron chi connectivity index (χ3n) is 1.83. The van der Waals surface area contributed by atoms with Crippen molar-refractivity contribution in [3.63, 3.8) is 0 Å². The second kappa shape index (κ2) is 7.37. The molecule has 0 unspecified atom stereocenters. The van der Waals surface area contributed by atoms with E-state index in [1.54, 1.807) is 19.2 Å². The molecule has 0 heterocycles. The van der Waals surface area contributed by atoms with E-state index in [1.807, 2.05) is 13.2 Å². The molecule has 0 radical (unpaired) electrons. The van der Waals surface area contributed by atoms with E-state index < -0.39 is 10.1 Å². The molecule has 0 aliphatic rings. The Kier molecular flexibility index (Phi) is 6.92. The second-order valence-corrected chi connectivity index (χ2v) is 5.62. The summed E-state index contributed by atoms with van der Waals surface area (Å²) in [6.45, 7) is 1.84. The molecule has 8 heteroatoms. The summed E-state index contributed by atoms with van der Waals surface area (Å²) in [5.41, 5.74) is 0.956. The highest BCUT2D eigenvalue weighted by molar-refractivity contribution is 8.13. The van der Waals surface area contributed by atoms with Crippen LogP contribution in [-0.4, -0.2) is 36.5 Å². The third kappa shape index (κ3) is 6.60. The lowest BCUT2D eigenvalue weighted by atomic mass is 10.2. The van der Waals surface area contributed by atoms with Gasteiger partial charge in [0, 0.05) is 7.05 Å². The van der Waals surface area contributed by atoms with Crippen LogP contribution in [0.5, 0.6) is 0 Å². The van der Waals surface area contributed by atoms with Crippen molar-refractivity contribution >= 4 is 27.0 Å². The smallest absolute Gasteiger partial charge is 0.293 e. The van der Waals surface area contributed by atoms with Crippen molar-refractivity contribution in [3.8, 4) is 0 Å². The van der Waals surface area contributed by atoms with Crippen LogP contribution < -0.4 is 5.84 Å². The van der Waals surface area contributed by atoms with Crippen LogP contribution in [0.2, 0.25) is 0 Å². The summed E-state index contributed by atoms with van der Waals surface area (Å²) in [5, 5.41) is 8.60. The largest absolute Gasteiger partial charge is 0.294 e. The molecule has 18 heavy (non-hydrogen) atoms. The molecule has 0 aliphatic carbocycles. The molecule has 1 rings (SSSR count). The van der Waals surface area contributed by atoms with Crippen molar-refractivity contribution in [1.29, 1.82) is 5.41 Å². The first-order valence-electron chi connectivity index (χ1n) is 4.83. The Balaban J connectivity index is 0.000000360. The third-order valence-corrected chi connectivity index (χ3v) is 3.38. The summed E-state index contributed by atoms with van der Waals surface area (Å²) < 4.78 is 29.6. The first-order valence-corrected chi connectivity index (χ1v) is 7.50. The first kappa shape index (κ1) is 16.9. The molecule has 0 saturated heterocycles. The predicted octanol–water partition coefficient (Wildman–Crippen LogP) is 1.33. The maximum atomic E-state index is 10.5. The van der Waals surface area contributed by atoms with Gasteiger partial charge >= 0.3 is 0 Å². The molecular weight excluding hydrogens is 274 g/mol.